The van der Waals surface area contributed by atoms with E-state index in [0.29, 0.717) is 17.9 Å². The highest BCUT2D eigenvalue weighted by Gasteiger charge is 2.09. The first-order valence-electron chi connectivity index (χ1n) is 5.64. The van der Waals surface area contributed by atoms with Crippen LogP contribution in [0.4, 0.5) is 0 Å². The van der Waals surface area contributed by atoms with Crippen molar-refractivity contribution in [2.24, 2.45) is 0 Å². The summed E-state index contributed by atoms with van der Waals surface area (Å²) in [7, 11) is 1.58. The number of carbonyl (C=O) groups is 1. The summed E-state index contributed by atoms with van der Waals surface area (Å²) in [6.45, 7) is 0.308. The van der Waals surface area contributed by atoms with Crippen LogP contribution in [0.5, 0.6) is 11.5 Å². The molecular formula is C15H14O3. The van der Waals surface area contributed by atoms with E-state index in [9.17, 15) is 4.79 Å². The summed E-state index contributed by atoms with van der Waals surface area (Å²) < 4.78 is 10.9. The quantitative estimate of drug-likeness (QED) is 0.756. The van der Waals surface area contributed by atoms with Gasteiger partial charge in [0.2, 0.25) is 0 Å². The minimum atomic E-state index is 0.308. The molecule has 3 heteroatoms. The molecule has 0 saturated carbocycles. The van der Waals surface area contributed by atoms with Crippen LogP contribution in [0.3, 0.4) is 0 Å². The summed E-state index contributed by atoms with van der Waals surface area (Å²) in [4.78, 5) is 11.0. The SMILES string of the molecule is COc1cccc(C=O)c1COc1ccccc1. The molecule has 0 amide bonds. The maximum Gasteiger partial charge on any atom is 0.150 e. The predicted molar refractivity (Wildman–Crippen MR) is 69.2 cm³/mol. The van der Waals surface area contributed by atoms with Gasteiger partial charge in [0.25, 0.3) is 0 Å². The minimum Gasteiger partial charge on any atom is -0.496 e. The van der Waals surface area contributed by atoms with E-state index >= 15 is 0 Å². The van der Waals surface area contributed by atoms with Gasteiger partial charge in [-0.05, 0) is 18.2 Å². The second kappa shape index (κ2) is 5.87. The molecule has 0 aliphatic rings. The highest BCUT2D eigenvalue weighted by molar-refractivity contribution is 5.78. The number of aldehydes is 1. The Balaban J connectivity index is 2.20. The van der Waals surface area contributed by atoms with E-state index < -0.39 is 0 Å². The Labute approximate surface area is 106 Å². The first kappa shape index (κ1) is 12.2. The van der Waals surface area contributed by atoms with Crippen molar-refractivity contribution in [3.8, 4) is 11.5 Å². The highest BCUT2D eigenvalue weighted by atomic mass is 16.5. The minimum absolute atomic E-state index is 0.308. The average molecular weight is 242 g/mol. The molecule has 0 radical (unpaired) electrons. The summed E-state index contributed by atoms with van der Waals surface area (Å²) in [6, 6.07) is 14.8. The molecule has 3 nitrogen and oxygen atoms in total. The molecule has 18 heavy (non-hydrogen) atoms. The fourth-order valence-electron chi connectivity index (χ4n) is 1.71. The predicted octanol–water partition coefficient (Wildman–Crippen LogP) is 3.09. The molecule has 2 aromatic carbocycles. The molecule has 2 rings (SSSR count). The molecule has 0 spiro atoms. The molecule has 0 unspecified atom stereocenters. The van der Waals surface area contributed by atoms with Crippen LogP contribution in [-0.2, 0) is 6.61 Å². The number of ether oxygens (including phenoxy) is 2. The van der Waals surface area contributed by atoms with E-state index in [1.54, 1.807) is 19.2 Å². The third kappa shape index (κ3) is 2.69. The first-order chi connectivity index (χ1) is 8.85. The topological polar surface area (TPSA) is 35.5 Å². The van der Waals surface area contributed by atoms with Crippen molar-refractivity contribution in [1.29, 1.82) is 0 Å². The number of hydrogen-bond donors (Lipinski definition) is 0. The van der Waals surface area contributed by atoms with E-state index in [2.05, 4.69) is 0 Å². The van der Waals surface area contributed by atoms with Gasteiger partial charge in [-0.2, -0.15) is 0 Å². The maximum atomic E-state index is 11.0. The van der Waals surface area contributed by atoms with E-state index in [1.807, 2.05) is 36.4 Å². The monoisotopic (exact) mass is 242 g/mol. The summed E-state index contributed by atoms with van der Waals surface area (Å²) in [6.07, 6.45) is 0.812. The van der Waals surface area contributed by atoms with Crippen molar-refractivity contribution >= 4 is 6.29 Å². The van der Waals surface area contributed by atoms with Gasteiger partial charge in [0.1, 0.15) is 18.1 Å². The van der Waals surface area contributed by atoms with Gasteiger partial charge in [0, 0.05) is 11.1 Å². The third-order valence-corrected chi connectivity index (χ3v) is 2.64. The molecule has 0 fully saturated rings. The van der Waals surface area contributed by atoms with Crippen LogP contribution in [-0.4, -0.2) is 13.4 Å². The Hall–Kier alpha value is -2.29. The van der Waals surface area contributed by atoms with Crippen molar-refractivity contribution in [2.75, 3.05) is 7.11 Å². The lowest BCUT2D eigenvalue weighted by atomic mass is 10.1. The number of benzene rings is 2. The Morgan fingerprint density at radius 1 is 1.06 bits per heavy atom. The Morgan fingerprint density at radius 2 is 1.83 bits per heavy atom. The van der Waals surface area contributed by atoms with Gasteiger partial charge in [-0.1, -0.05) is 30.3 Å². The number of hydrogen-bond acceptors (Lipinski definition) is 3. The molecule has 0 bridgehead atoms. The lowest BCUT2D eigenvalue weighted by Crippen LogP contribution is -2.02. The van der Waals surface area contributed by atoms with Gasteiger partial charge < -0.3 is 9.47 Å². The molecule has 0 aliphatic heterocycles. The van der Waals surface area contributed by atoms with Gasteiger partial charge in [-0.3, -0.25) is 4.79 Å². The summed E-state index contributed by atoms with van der Waals surface area (Å²) in [5.41, 5.74) is 1.35. The number of carbonyl (C=O) groups excluding carboxylic acids is 1. The largest absolute Gasteiger partial charge is 0.496 e. The fraction of sp³-hybridized carbons (Fsp3) is 0.133. The zero-order valence-corrected chi connectivity index (χ0v) is 10.1. The van der Waals surface area contributed by atoms with E-state index in [0.717, 1.165) is 17.6 Å². The Bertz CT molecular complexity index is 521. The maximum absolute atomic E-state index is 11.0. The van der Waals surface area contributed by atoms with Crippen molar-refractivity contribution < 1.29 is 14.3 Å². The molecule has 0 aliphatic carbocycles. The van der Waals surface area contributed by atoms with Crippen LogP contribution in [0.2, 0.25) is 0 Å². The Morgan fingerprint density at radius 3 is 2.50 bits per heavy atom. The number of rotatable bonds is 5. The first-order valence-corrected chi connectivity index (χ1v) is 5.64. The molecule has 0 atom stereocenters. The second-order valence-corrected chi connectivity index (χ2v) is 3.75. The van der Waals surface area contributed by atoms with Crippen LogP contribution < -0.4 is 9.47 Å². The van der Waals surface area contributed by atoms with Gasteiger partial charge in [0.05, 0.1) is 7.11 Å². The molecule has 0 N–H and O–H groups in total. The van der Waals surface area contributed by atoms with Crippen molar-refractivity contribution in [2.45, 2.75) is 6.61 Å². The van der Waals surface area contributed by atoms with Gasteiger partial charge in [-0.25, -0.2) is 0 Å². The van der Waals surface area contributed by atoms with Crippen LogP contribution in [0.15, 0.2) is 48.5 Å². The normalized spacial score (nSPS) is 9.83. The van der Waals surface area contributed by atoms with Gasteiger partial charge >= 0.3 is 0 Å². The summed E-state index contributed by atoms with van der Waals surface area (Å²) in [5, 5.41) is 0. The van der Waals surface area contributed by atoms with Crippen molar-refractivity contribution in [3.63, 3.8) is 0 Å². The second-order valence-electron chi connectivity index (χ2n) is 3.75. The van der Waals surface area contributed by atoms with Crippen LogP contribution in [0.1, 0.15) is 15.9 Å². The smallest absolute Gasteiger partial charge is 0.150 e. The summed E-state index contributed by atoms with van der Waals surface area (Å²) >= 11 is 0. The zero-order valence-electron chi connectivity index (χ0n) is 10.1. The third-order valence-electron chi connectivity index (χ3n) is 2.64. The molecule has 0 saturated heterocycles. The number of methoxy groups -OCH3 is 1. The van der Waals surface area contributed by atoms with Crippen LogP contribution in [0.25, 0.3) is 0 Å². The molecule has 0 heterocycles. The molecule has 92 valence electrons. The van der Waals surface area contributed by atoms with Gasteiger partial charge in [0.15, 0.2) is 6.29 Å². The van der Waals surface area contributed by atoms with Crippen molar-refractivity contribution in [1.82, 2.24) is 0 Å². The number of para-hydroxylation sites is 1. The van der Waals surface area contributed by atoms with Crippen LogP contribution in [0, 0.1) is 0 Å². The fourth-order valence-corrected chi connectivity index (χ4v) is 1.71. The van der Waals surface area contributed by atoms with Crippen LogP contribution >= 0.6 is 0 Å². The zero-order chi connectivity index (χ0) is 12.8. The lowest BCUT2D eigenvalue weighted by Gasteiger charge is -2.12. The molecule has 2 aromatic rings. The van der Waals surface area contributed by atoms with Crippen molar-refractivity contribution in [3.05, 3.63) is 59.7 Å². The van der Waals surface area contributed by atoms with E-state index in [-0.39, 0.29) is 0 Å². The Kier molecular flexibility index (Phi) is 3.97. The molecule has 0 aromatic heterocycles. The highest BCUT2D eigenvalue weighted by Crippen LogP contribution is 2.23. The average Bonchev–Trinajstić information content (AvgIpc) is 2.45. The summed E-state index contributed by atoms with van der Waals surface area (Å²) in [5.74, 6) is 1.43. The standard InChI is InChI=1S/C15H14O3/c1-17-15-9-5-6-12(10-16)14(15)11-18-13-7-3-2-4-8-13/h2-10H,11H2,1H3. The van der Waals surface area contributed by atoms with E-state index in [4.69, 9.17) is 9.47 Å². The van der Waals surface area contributed by atoms with E-state index in [1.165, 1.54) is 0 Å². The lowest BCUT2D eigenvalue weighted by molar-refractivity contribution is 0.112. The van der Waals surface area contributed by atoms with Gasteiger partial charge in [-0.15, -0.1) is 0 Å². The molecular weight excluding hydrogens is 228 g/mol.